The first kappa shape index (κ1) is 12.2. The molecule has 0 spiro atoms. The van der Waals surface area contributed by atoms with Gasteiger partial charge in [-0.05, 0) is 0 Å². The second kappa shape index (κ2) is 3.62. The van der Waals surface area contributed by atoms with Crippen LogP contribution < -0.4 is 5.73 Å². The summed E-state index contributed by atoms with van der Waals surface area (Å²) in [6, 6.07) is -2.77. The normalized spacial score (nSPS) is 13.6. The highest BCUT2D eigenvalue weighted by molar-refractivity contribution is 5.85. The van der Waals surface area contributed by atoms with Crippen molar-refractivity contribution in [1.29, 1.82) is 0 Å². The highest BCUT2D eigenvalue weighted by atomic mass is 35.5. The van der Waals surface area contributed by atoms with Crippen molar-refractivity contribution in [2.75, 3.05) is 0 Å². The smallest absolute Gasteiger partial charge is 0.414 e. The number of carbonyl (C=O) groups is 1. The zero-order valence-corrected chi connectivity index (χ0v) is 5.37. The Balaban J connectivity index is 0. The maximum atomic E-state index is 11.2. The van der Waals surface area contributed by atoms with Gasteiger partial charge in [0, 0.05) is 0 Å². The van der Waals surface area contributed by atoms with Gasteiger partial charge in [-0.25, -0.2) is 0 Å². The van der Waals surface area contributed by atoms with E-state index < -0.39 is 18.2 Å². The van der Waals surface area contributed by atoms with E-state index in [0.29, 0.717) is 0 Å². The van der Waals surface area contributed by atoms with E-state index >= 15 is 0 Å². The first-order valence-corrected chi connectivity index (χ1v) is 1.91. The summed E-state index contributed by atoms with van der Waals surface area (Å²) in [7, 11) is 0. The number of alkyl halides is 3. The van der Waals surface area contributed by atoms with E-state index in [4.69, 9.17) is 5.11 Å². The summed E-state index contributed by atoms with van der Waals surface area (Å²) in [5.74, 6) is -2.07. The summed E-state index contributed by atoms with van der Waals surface area (Å²) < 4.78 is 33.6. The fraction of sp³-hybridized carbons (Fsp3) is 0.667. The fourth-order valence-electron chi connectivity index (χ4n) is 0.140. The van der Waals surface area contributed by atoms with Gasteiger partial charge >= 0.3 is 12.1 Å². The lowest BCUT2D eigenvalue weighted by molar-refractivity contribution is -0.174. The molecule has 0 aromatic carbocycles. The Morgan fingerprint density at radius 1 is 1.50 bits per heavy atom. The van der Waals surface area contributed by atoms with Gasteiger partial charge in [-0.3, -0.25) is 4.79 Å². The lowest BCUT2D eigenvalue weighted by atomic mass is 10.3. The van der Waals surface area contributed by atoms with Crippen LogP contribution >= 0.6 is 12.4 Å². The van der Waals surface area contributed by atoms with Crippen LogP contribution in [0.2, 0.25) is 0 Å². The van der Waals surface area contributed by atoms with Crippen LogP contribution in [0.1, 0.15) is 0 Å². The Morgan fingerprint density at radius 3 is 1.80 bits per heavy atom. The number of nitrogens with two attached hydrogens (primary N) is 1. The van der Waals surface area contributed by atoms with E-state index in [1.807, 2.05) is 0 Å². The van der Waals surface area contributed by atoms with Gasteiger partial charge in [0.25, 0.3) is 0 Å². The van der Waals surface area contributed by atoms with Gasteiger partial charge in [0.15, 0.2) is 6.04 Å². The largest absolute Gasteiger partial charge is 0.480 e. The molecule has 1 atom stereocenters. The first-order valence-electron chi connectivity index (χ1n) is 1.91. The molecular formula is C3H5ClF3NO2. The minimum absolute atomic E-state index is 0. The van der Waals surface area contributed by atoms with Crippen LogP contribution in [0.3, 0.4) is 0 Å². The van der Waals surface area contributed by atoms with E-state index in [9.17, 15) is 18.0 Å². The molecule has 0 aromatic heterocycles. The number of halogens is 4. The van der Waals surface area contributed by atoms with E-state index in [-0.39, 0.29) is 12.4 Å². The number of hydrogen-bond acceptors (Lipinski definition) is 2. The average Bonchev–Trinajstić information content (AvgIpc) is 1.62. The van der Waals surface area contributed by atoms with Crippen molar-refractivity contribution in [1.82, 2.24) is 0 Å². The summed E-state index contributed by atoms with van der Waals surface area (Å²) in [5, 5.41) is 7.67. The second-order valence-corrected chi connectivity index (χ2v) is 1.36. The van der Waals surface area contributed by atoms with Gasteiger partial charge in [0.05, 0.1) is 0 Å². The maximum Gasteiger partial charge on any atom is 0.414 e. The SMILES string of the molecule is Cl.NC(C(=O)O)C(F)(F)F. The molecule has 0 saturated heterocycles. The molecule has 0 aromatic rings. The molecule has 62 valence electrons. The molecule has 3 nitrogen and oxygen atoms in total. The molecule has 0 heterocycles. The molecule has 10 heavy (non-hydrogen) atoms. The van der Waals surface area contributed by atoms with Gasteiger partial charge in [-0.15, -0.1) is 12.4 Å². The Morgan fingerprint density at radius 2 is 1.80 bits per heavy atom. The molecule has 0 amide bonds. The van der Waals surface area contributed by atoms with Crippen LogP contribution in [0.4, 0.5) is 13.2 Å². The molecule has 0 aliphatic carbocycles. The lowest BCUT2D eigenvalue weighted by Crippen LogP contribution is -2.44. The topological polar surface area (TPSA) is 63.3 Å². The molecule has 0 bridgehead atoms. The number of carboxylic acid groups (broad SMARTS) is 1. The molecular weight excluding hydrogens is 174 g/mol. The number of carboxylic acids is 1. The monoisotopic (exact) mass is 179 g/mol. The Kier molecular flexibility index (Phi) is 4.42. The number of hydrogen-bond donors (Lipinski definition) is 2. The molecule has 3 N–H and O–H groups in total. The quantitative estimate of drug-likeness (QED) is 0.612. The van der Waals surface area contributed by atoms with Crippen LogP contribution in [0.25, 0.3) is 0 Å². The van der Waals surface area contributed by atoms with Gasteiger partial charge < -0.3 is 10.8 Å². The van der Waals surface area contributed by atoms with E-state index in [2.05, 4.69) is 5.73 Å². The van der Waals surface area contributed by atoms with E-state index in [0.717, 1.165) is 0 Å². The molecule has 0 radical (unpaired) electrons. The first-order chi connectivity index (χ1) is 3.85. The Labute approximate surface area is 60.4 Å². The zero-order valence-electron chi connectivity index (χ0n) is 4.55. The van der Waals surface area contributed by atoms with Crippen LogP contribution in [0, 0.1) is 0 Å². The molecule has 0 aliphatic rings. The summed E-state index contributed by atoms with van der Waals surface area (Å²) in [5.41, 5.74) is 4.17. The van der Waals surface area contributed by atoms with Crippen LogP contribution in [-0.4, -0.2) is 23.3 Å². The van der Waals surface area contributed by atoms with Crippen molar-refractivity contribution in [2.45, 2.75) is 12.2 Å². The summed E-state index contributed by atoms with van der Waals surface area (Å²) >= 11 is 0. The van der Waals surface area contributed by atoms with Crippen molar-refractivity contribution in [3.05, 3.63) is 0 Å². The second-order valence-electron chi connectivity index (χ2n) is 1.36. The predicted octanol–water partition coefficient (Wildman–Crippen LogP) is 0.382. The van der Waals surface area contributed by atoms with Crippen LogP contribution in [-0.2, 0) is 4.79 Å². The lowest BCUT2D eigenvalue weighted by Gasteiger charge is -2.09. The van der Waals surface area contributed by atoms with Crippen molar-refractivity contribution >= 4 is 18.4 Å². The summed E-state index contributed by atoms with van der Waals surface area (Å²) in [6.45, 7) is 0. The highest BCUT2D eigenvalue weighted by Crippen LogP contribution is 2.17. The van der Waals surface area contributed by atoms with Crippen LogP contribution in [0.15, 0.2) is 0 Å². The Hall–Kier alpha value is -0.490. The van der Waals surface area contributed by atoms with Gasteiger partial charge in [-0.2, -0.15) is 13.2 Å². The van der Waals surface area contributed by atoms with Crippen molar-refractivity contribution in [2.24, 2.45) is 5.73 Å². The van der Waals surface area contributed by atoms with Gasteiger partial charge in [-0.1, -0.05) is 0 Å². The van der Waals surface area contributed by atoms with Crippen molar-refractivity contribution in [3.8, 4) is 0 Å². The van der Waals surface area contributed by atoms with E-state index in [1.54, 1.807) is 0 Å². The van der Waals surface area contributed by atoms with Crippen molar-refractivity contribution in [3.63, 3.8) is 0 Å². The third-order valence-corrected chi connectivity index (χ3v) is 0.619. The van der Waals surface area contributed by atoms with Gasteiger partial charge in [0.1, 0.15) is 0 Å². The zero-order chi connectivity index (χ0) is 7.65. The van der Waals surface area contributed by atoms with Crippen LogP contribution in [0.5, 0.6) is 0 Å². The maximum absolute atomic E-state index is 11.2. The molecule has 0 aliphatic heterocycles. The molecule has 0 fully saturated rings. The number of rotatable bonds is 1. The molecule has 1 unspecified atom stereocenters. The third-order valence-electron chi connectivity index (χ3n) is 0.619. The standard InChI is InChI=1S/C3H4F3NO2.ClH/c4-3(5,6)1(7)2(8)9;/h1H,7H2,(H,8,9);1H. The average molecular weight is 180 g/mol. The summed E-state index contributed by atoms with van der Waals surface area (Å²) in [4.78, 5) is 9.50. The highest BCUT2D eigenvalue weighted by Gasteiger charge is 2.41. The molecule has 7 heteroatoms. The predicted molar refractivity (Wildman–Crippen MR) is 28.9 cm³/mol. The fourth-order valence-corrected chi connectivity index (χ4v) is 0.140. The van der Waals surface area contributed by atoms with Gasteiger partial charge in [0.2, 0.25) is 0 Å². The number of aliphatic carboxylic acids is 1. The third kappa shape index (κ3) is 3.52. The minimum Gasteiger partial charge on any atom is -0.480 e. The molecule has 0 rings (SSSR count). The van der Waals surface area contributed by atoms with E-state index in [1.165, 1.54) is 0 Å². The minimum atomic E-state index is -4.84. The van der Waals surface area contributed by atoms with Crippen molar-refractivity contribution < 1.29 is 23.1 Å². The Bertz CT molecular complexity index is 125. The summed E-state index contributed by atoms with van der Waals surface area (Å²) in [6.07, 6.45) is -4.84. The molecule has 0 saturated carbocycles.